The van der Waals surface area contributed by atoms with Crippen molar-refractivity contribution in [1.29, 1.82) is 0 Å². The van der Waals surface area contributed by atoms with Crippen molar-refractivity contribution in [2.45, 2.75) is 45.1 Å². The molecule has 0 radical (unpaired) electrons. The van der Waals surface area contributed by atoms with Crippen molar-refractivity contribution in [3.63, 3.8) is 0 Å². The number of piperidine rings is 1. The van der Waals surface area contributed by atoms with Gasteiger partial charge in [0.2, 0.25) is 0 Å². The lowest BCUT2D eigenvalue weighted by Crippen LogP contribution is -2.49. The van der Waals surface area contributed by atoms with Crippen molar-refractivity contribution >= 4 is 5.91 Å². The molecule has 1 aromatic carbocycles. The fourth-order valence-electron chi connectivity index (χ4n) is 4.47. The molecule has 2 fully saturated rings. The number of amides is 1. The van der Waals surface area contributed by atoms with Crippen LogP contribution in [0.15, 0.2) is 18.2 Å². The number of methoxy groups -OCH3 is 2. The molecule has 126 valence electrons. The van der Waals surface area contributed by atoms with Crippen molar-refractivity contribution in [3.8, 4) is 5.75 Å². The van der Waals surface area contributed by atoms with Crippen molar-refractivity contribution in [1.82, 2.24) is 4.90 Å². The Morgan fingerprint density at radius 1 is 1.26 bits per heavy atom. The summed E-state index contributed by atoms with van der Waals surface area (Å²) in [6.07, 6.45) is 6.06. The van der Waals surface area contributed by atoms with Gasteiger partial charge in [-0.25, -0.2) is 0 Å². The number of likely N-dealkylation sites (tertiary alicyclic amines) is 1. The Hall–Kier alpha value is -1.55. The van der Waals surface area contributed by atoms with Crippen LogP contribution >= 0.6 is 0 Å². The molecule has 1 spiro atoms. The first-order chi connectivity index (χ1) is 11.1. The van der Waals surface area contributed by atoms with Crippen LogP contribution in [-0.4, -0.2) is 44.2 Å². The topological polar surface area (TPSA) is 38.8 Å². The first kappa shape index (κ1) is 16.3. The third-order valence-corrected chi connectivity index (χ3v) is 5.65. The highest BCUT2D eigenvalue weighted by molar-refractivity contribution is 5.94. The minimum atomic E-state index is 0.136. The maximum absolute atomic E-state index is 12.9. The molecule has 1 aliphatic heterocycles. The van der Waals surface area contributed by atoms with E-state index >= 15 is 0 Å². The normalized spacial score (nSPS) is 27.4. The number of hydrogen-bond acceptors (Lipinski definition) is 3. The lowest BCUT2D eigenvalue weighted by molar-refractivity contribution is -0.0295. The molecule has 1 aromatic rings. The van der Waals surface area contributed by atoms with Crippen molar-refractivity contribution in [3.05, 3.63) is 29.3 Å². The number of nitrogens with zero attached hydrogens (tertiary/aromatic N) is 1. The predicted octanol–water partition coefficient (Wildman–Crippen LogP) is 3.42. The largest absolute Gasteiger partial charge is 0.496 e. The summed E-state index contributed by atoms with van der Waals surface area (Å²) in [6, 6.07) is 5.69. The number of hydrogen-bond donors (Lipinski definition) is 0. The molecular weight excluding hydrogens is 290 g/mol. The summed E-state index contributed by atoms with van der Waals surface area (Å²) >= 11 is 0. The van der Waals surface area contributed by atoms with E-state index in [9.17, 15) is 4.79 Å². The molecule has 1 aliphatic carbocycles. The molecule has 0 N–H and O–H groups in total. The van der Waals surface area contributed by atoms with E-state index in [1.54, 1.807) is 7.11 Å². The van der Waals surface area contributed by atoms with Crippen LogP contribution in [0.5, 0.6) is 5.75 Å². The van der Waals surface area contributed by atoms with Gasteiger partial charge in [0, 0.05) is 31.2 Å². The third kappa shape index (κ3) is 2.97. The van der Waals surface area contributed by atoms with Gasteiger partial charge in [-0.3, -0.25) is 4.79 Å². The predicted molar refractivity (Wildman–Crippen MR) is 89.9 cm³/mol. The number of aryl methyl sites for hydroxylation is 1. The van der Waals surface area contributed by atoms with Crippen LogP contribution in [0.2, 0.25) is 0 Å². The molecule has 4 nitrogen and oxygen atoms in total. The van der Waals surface area contributed by atoms with Crippen molar-refractivity contribution < 1.29 is 14.3 Å². The van der Waals surface area contributed by atoms with Crippen LogP contribution in [0.4, 0.5) is 0 Å². The van der Waals surface area contributed by atoms with E-state index in [0.717, 1.165) is 42.8 Å². The lowest BCUT2D eigenvalue weighted by Gasteiger charge is -2.43. The molecule has 3 rings (SSSR count). The van der Waals surface area contributed by atoms with Crippen LogP contribution in [0.3, 0.4) is 0 Å². The molecule has 0 bridgehead atoms. The van der Waals surface area contributed by atoms with Gasteiger partial charge in [0.25, 0.3) is 5.91 Å². The highest BCUT2D eigenvalue weighted by atomic mass is 16.5. The van der Waals surface area contributed by atoms with Gasteiger partial charge in [-0.15, -0.1) is 0 Å². The number of carbonyl (C=O) groups excluding carboxylic acids is 1. The summed E-state index contributed by atoms with van der Waals surface area (Å²) in [7, 11) is 3.47. The smallest absolute Gasteiger partial charge is 0.253 e. The highest BCUT2D eigenvalue weighted by Gasteiger charge is 2.46. The maximum Gasteiger partial charge on any atom is 0.253 e. The lowest BCUT2D eigenvalue weighted by atomic mass is 9.76. The van der Waals surface area contributed by atoms with Gasteiger partial charge < -0.3 is 14.4 Å². The Morgan fingerprint density at radius 2 is 2.04 bits per heavy atom. The zero-order valence-electron chi connectivity index (χ0n) is 14.4. The zero-order chi connectivity index (χ0) is 16.4. The van der Waals surface area contributed by atoms with Crippen LogP contribution in [0.1, 0.15) is 48.0 Å². The molecule has 1 saturated carbocycles. The van der Waals surface area contributed by atoms with Gasteiger partial charge in [0.15, 0.2) is 0 Å². The molecule has 1 heterocycles. The Bertz CT molecular complexity index is 586. The van der Waals surface area contributed by atoms with Crippen molar-refractivity contribution in [2.75, 3.05) is 27.3 Å². The molecule has 0 unspecified atom stereocenters. The summed E-state index contributed by atoms with van der Waals surface area (Å²) in [5.74, 6) is 0.962. The monoisotopic (exact) mass is 317 g/mol. The Morgan fingerprint density at radius 3 is 2.74 bits per heavy atom. The molecule has 4 heteroatoms. The van der Waals surface area contributed by atoms with Crippen LogP contribution in [-0.2, 0) is 4.74 Å². The van der Waals surface area contributed by atoms with Gasteiger partial charge in [-0.2, -0.15) is 0 Å². The standard InChI is InChI=1S/C19H27NO3/c1-14-12-15(7-8-16(14)22-2)18(21)20-11-5-10-19(13-20)9-4-6-17(19)23-3/h7-8,12,17H,4-6,9-11,13H2,1-3H3/t17-,19-/m1/s1. The highest BCUT2D eigenvalue weighted by Crippen LogP contribution is 2.46. The molecule has 2 atom stereocenters. The second kappa shape index (κ2) is 6.52. The fourth-order valence-corrected chi connectivity index (χ4v) is 4.47. The van der Waals surface area contributed by atoms with Gasteiger partial charge in [0.1, 0.15) is 5.75 Å². The molecule has 1 saturated heterocycles. The van der Waals surface area contributed by atoms with Gasteiger partial charge in [-0.05, 0) is 56.4 Å². The first-order valence-electron chi connectivity index (χ1n) is 8.56. The summed E-state index contributed by atoms with van der Waals surface area (Å²) in [5.41, 5.74) is 1.93. The van der Waals surface area contributed by atoms with E-state index in [2.05, 4.69) is 0 Å². The molecular formula is C19H27NO3. The van der Waals surface area contributed by atoms with Gasteiger partial charge in [-0.1, -0.05) is 6.42 Å². The van der Waals surface area contributed by atoms with E-state index in [1.807, 2.05) is 37.1 Å². The van der Waals surface area contributed by atoms with Crippen LogP contribution < -0.4 is 4.74 Å². The van der Waals surface area contributed by atoms with E-state index < -0.39 is 0 Å². The first-order valence-corrected chi connectivity index (χ1v) is 8.56. The quantitative estimate of drug-likeness (QED) is 0.857. The Kier molecular flexibility index (Phi) is 4.62. The van der Waals surface area contributed by atoms with E-state index in [-0.39, 0.29) is 11.3 Å². The minimum Gasteiger partial charge on any atom is -0.496 e. The summed E-state index contributed by atoms with van der Waals surface area (Å²) < 4.78 is 11.0. The average Bonchev–Trinajstić information content (AvgIpc) is 2.95. The Balaban J connectivity index is 1.78. The summed E-state index contributed by atoms with van der Waals surface area (Å²) in [6.45, 7) is 3.66. The average molecular weight is 317 g/mol. The van der Waals surface area contributed by atoms with Crippen LogP contribution in [0.25, 0.3) is 0 Å². The second-order valence-electron chi connectivity index (χ2n) is 6.99. The third-order valence-electron chi connectivity index (χ3n) is 5.65. The van der Waals surface area contributed by atoms with Gasteiger partial charge >= 0.3 is 0 Å². The second-order valence-corrected chi connectivity index (χ2v) is 6.99. The van der Waals surface area contributed by atoms with Gasteiger partial charge in [0.05, 0.1) is 13.2 Å². The summed E-state index contributed by atoms with van der Waals surface area (Å²) in [4.78, 5) is 15.0. The summed E-state index contributed by atoms with van der Waals surface area (Å²) in [5, 5.41) is 0. The van der Waals surface area contributed by atoms with E-state index in [0.29, 0.717) is 6.10 Å². The maximum atomic E-state index is 12.9. The number of benzene rings is 1. The van der Waals surface area contributed by atoms with E-state index in [1.165, 1.54) is 19.3 Å². The number of carbonyl (C=O) groups is 1. The number of rotatable bonds is 3. The molecule has 23 heavy (non-hydrogen) atoms. The molecule has 2 aliphatic rings. The minimum absolute atomic E-state index is 0.136. The zero-order valence-corrected chi connectivity index (χ0v) is 14.4. The van der Waals surface area contributed by atoms with Crippen LogP contribution in [0, 0.1) is 12.3 Å². The van der Waals surface area contributed by atoms with E-state index in [4.69, 9.17) is 9.47 Å². The molecule has 0 aromatic heterocycles. The fraction of sp³-hybridized carbons (Fsp3) is 0.632. The number of ether oxygens (including phenoxy) is 2. The van der Waals surface area contributed by atoms with Crippen molar-refractivity contribution in [2.24, 2.45) is 5.41 Å². The SMILES string of the molecule is COc1ccc(C(=O)N2CCC[C@]3(CCC[C@H]3OC)C2)cc1C. The Labute approximate surface area is 138 Å². The molecule has 1 amide bonds.